The van der Waals surface area contributed by atoms with Crippen LogP contribution in [0.25, 0.3) is 0 Å². The van der Waals surface area contributed by atoms with Crippen LogP contribution in [0, 0.1) is 11.8 Å². The second-order valence-electron chi connectivity index (χ2n) is 5.69. The summed E-state index contributed by atoms with van der Waals surface area (Å²) >= 11 is 0. The van der Waals surface area contributed by atoms with Crippen LogP contribution in [-0.4, -0.2) is 24.8 Å². The molecule has 1 aliphatic heterocycles. The molecule has 1 N–H and O–H groups in total. The Morgan fingerprint density at radius 3 is 2.67 bits per heavy atom. The number of hydrogen-bond acceptors (Lipinski definition) is 2. The third-order valence-electron chi connectivity index (χ3n) is 4.20. The standard InChI is InChI=1S/C13H25NO/c1-4-14-12-5-6-15-13(9-12)7-11(8-13)10(2)3/h10-12,14H,4-9H2,1-3H3. The minimum atomic E-state index is 0.264. The number of nitrogens with one attached hydrogen (secondary N) is 1. The average Bonchev–Trinajstić information content (AvgIpc) is 2.14. The predicted octanol–water partition coefficient (Wildman–Crippen LogP) is 2.58. The minimum absolute atomic E-state index is 0.264. The van der Waals surface area contributed by atoms with E-state index in [1.165, 1.54) is 25.7 Å². The Morgan fingerprint density at radius 1 is 1.33 bits per heavy atom. The molecule has 1 spiro atoms. The van der Waals surface area contributed by atoms with E-state index in [0.29, 0.717) is 6.04 Å². The number of rotatable bonds is 3. The first-order chi connectivity index (χ1) is 7.15. The summed E-state index contributed by atoms with van der Waals surface area (Å²) in [6, 6.07) is 0.705. The first-order valence-electron chi connectivity index (χ1n) is 6.52. The van der Waals surface area contributed by atoms with Crippen molar-refractivity contribution in [3.63, 3.8) is 0 Å². The molecule has 2 nitrogen and oxygen atoms in total. The minimum Gasteiger partial charge on any atom is -0.375 e. The van der Waals surface area contributed by atoms with Gasteiger partial charge in [0.15, 0.2) is 0 Å². The molecule has 2 heteroatoms. The monoisotopic (exact) mass is 211 g/mol. The van der Waals surface area contributed by atoms with E-state index in [0.717, 1.165) is 25.0 Å². The predicted molar refractivity (Wildman–Crippen MR) is 62.9 cm³/mol. The Morgan fingerprint density at radius 2 is 2.07 bits per heavy atom. The van der Waals surface area contributed by atoms with Gasteiger partial charge in [-0.05, 0) is 44.1 Å². The largest absolute Gasteiger partial charge is 0.375 e. The molecule has 1 atom stereocenters. The maximum atomic E-state index is 6.02. The molecular formula is C13H25NO. The van der Waals surface area contributed by atoms with Crippen molar-refractivity contribution in [3.05, 3.63) is 0 Å². The molecule has 0 radical (unpaired) electrons. The van der Waals surface area contributed by atoms with Crippen LogP contribution >= 0.6 is 0 Å². The molecule has 88 valence electrons. The van der Waals surface area contributed by atoms with Crippen molar-refractivity contribution in [2.45, 2.75) is 58.1 Å². The quantitative estimate of drug-likeness (QED) is 0.774. The van der Waals surface area contributed by atoms with Crippen molar-refractivity contribution < 1.29 is 4.74 Å². The van der Waals surface area contributed by atoms with E-state index in [4.69, 9.17) is 4.74 Å². The van der Waals surface area contributed by atoms with Gasteiger partial charge in [0.1, 0.15) is 0 Å². The van der Waals surface area contributed by atoms with Crippen LogP contribution in [0.1, 0.15) is 46.5 Å². The van der Waals surface area contributed by atoms with Gasteiger partial charge < -0.3 is 10.1 Å². The summed E-state index contributed by atoms with van der Waals surface area (Å²) in [5.74, 6) is 1.74. The lowest BCUT2D eigenvalue weighted by atomic mass is 9.63. The summed E-state index contributed by atoms with van der Waals surface area (Å²) in [7, 11) is 0. The van der Waals surface area contributed by atoms with Gasteiger partial charge in [-0.2, -0.15) is 0 Å². The molecule has 0 aromatic rings. The highest BCUT2D eigenvalue weighted by molar-refractivity contribution is 5.01. The van der Waals surface area contributed by atoms with E-state index in [1.807, 2.05) is 0 Å². The lowest BCUT2D eigenvalue weighted by Gasteiger charge is -2.53. The molecule has 0 bridgehead atoms. The normalized spacial score (nSPS) is 40.8. The maximum Gasteiger partial charge on any atom is 0.0702 e. The topological polar surface area (TPSA) is 21.3 Å². The van der Waals surface area contributed by atoms with Crippen LogP contribution < -0.4 is 5.32 Å². The fourth-order valence-corrected chi connectivity index (χ4v) is 3.14. The van der Waals surface area contributed by atoms with Gasteiger partial charge in [-0.15, -0.1) is 0 Å². The zero-order valence-electron chi connectivity index (χ0n) is 10.4. The second-order valence-corrected chi connectivity index (χ2v) is 5.69. The van der Waals surface area contributed by atoms with Crippen LogP contribution in [0.2, 0.25) is 0 Å². The summed E-state index contributed by atoms with van der Waals surface area (Å²) in [4.78, 5) is 0. The van der Waals surface area contributed by atoms with Crippen molar-refractivity contribution in [2.24, 2.45) is 11.8 Å². The van der Waals surface area contributed by atoms with E-state index in [9.17, 15) is 0 Å². The second kappa shape index (κ2) is 4.42. The third kappa shape index (κ3) is 2.36. The molecule has 0 amide bonds. The van der Waals surface area contributed by atoms with Crippen LogP contribution in [0.4, 0.5) is 0 Å². The van der Waals surface area contributed by atoms with Crippen LogP contribution in [0.5, 0.6) is 0 Å². The fourth-order valence-electron chi connectivity index (χ4n) is 3.14. The molecule has 1 saturated heterocycles. The molecule has 2 rings (SSSR count). The highest BCUT2D eigenvalue weighted by atomic mass is 16.5. The zero-order chi connectivity index (χ0) is 10.9. The van der Waals surface area contributed by atoms with E-state index < -0.39 is 0 Å². The Kier molecular flexibility index (Phi) is 3.36. The Labute approximate surface area is 93.8 Å². The number of hydrogen-bond donors (Lipinski definition) is 1. The van der Waals surface area contributed by atoms with E-state index >= 15 is 0 Å². The van der Waals surface area contributed by atoms with Gasteiger partial charge >= 0.3 is 0 Å². The van der Waals surface area contributed by atoms with Crippen molar-refractivity contribution in [1.82, 2.24) is 5.32 Å². The van der Waals surface area contributed by atoms with Crippen molar-refractivity contribution >= 4 is 0 Å². The highest BCUT2D eigenvalue weighted by Crippen LogP contribution is 2.49. The van der Waals surface area contributed by atoms with Crippen LogP contribution in [0.3, 0.4) is 0 Å². The summed E-state index contributed by atoms with van der Waals surface area (Å²) < 4.78 is 6.02. The van der Waals surface area contributed by atoms with Gasteiger partial charge in [-0.3, -0.25) is 0 Å². The highest BCUT2D eigenvalue weighted by Gasteiger charge is 2.48. The lowest BCUT2D eigenvalue weighted by Crippen LogP contribution is -2.55. The maximum absolute atomic E-state index is 6.02. The van der Waals surface area contributed by atoms with Gasteiger partial charge in [0, 0.05) is 12.6 Å². The summed E-state index contributed by atoms with van der Waals surface area (Å²) in [5, 5.41) is 3.57. The Hall–Kier alpha value is -0.0800. The molecule has 2 aliphatic rings. The SMILES string of the molecule is CCNC1CCOC2(C1)CC(C(C)C)C2. The van der Waals surface area contributed by atoms with Gasteiger partial charge in [0.05, 0.1) is 5.60 Å². The van der Waals surface area contributed by atoms with E-state index in [2.05, 4.69) is 26.1 Å². The molecular weight excluding hydrogens is 186 g/mol. The number of ether oxygens (including phenoxy) is 1. The van der Waals surface area contributed by atoms with Crippen LogP contribution in [0.15, 0.2) is 0 Å². The Bertz CT molecular complexity index is 207. The smallest absolute Gasteiger partial charge is 0.0702 e. The first-order valence-corrected chi connectivity index (χ1v) is 6.52. The average molecular weight is 211 g/mol. The molecule has 1 aliphatic carbocycles. The molecule has 2 fully saturated rings. The van der Waals surface area contributed by atoms with Gasteiger partial charge in [-0.1, -0.05) is 20.8 Å². The summed E-state index contributed by atoms with van der Waals surface area (Å²) in [6.45, 7) is 8.92. The van der Waals surface area contributed by atoms with Gasteiger partial charge in [0.2, 0.25) is 0 Å². The summed E-state index contributed by atoms with van der Waals surface area (Å²) in [5.41, 5.74) is 0.264. The molecule has 0 aromatic carbocycles. The lowest BCUT2D eigenvalue weighted by molar-refractivity contribution is -0.168. The van der Waals surface area contributed by atoms with E-state index in [1.54, 1.807) is 0 Å². The fraction of sp³-hybridized carbons (Fsp3) is 1.00. The van der Waals surface area contributed by atoms with Gasteiger partial charge in [0.25, 0.3) is 0 Å². The summed E-state index contributed by atoms with van der Waals surface area (Å²) in [6.07, 6.45) is 5.03. The molecule has 1 unspecified atom stereocenters. The zero-order valence-corrected chi connectivity index (χ0v) is 10.4. The van der Waals surface area contributed by atoms with Crippen molar-refractivity contribution in [3.8, 4) is 0 Å². The first kappa shape index (κ1) is 11.4. The molecule has 15 heavy (non-hydrogen) atoms. The third-order valence-corrected chi connectivity index (χ3v) is 4.20. The van der Waals surface area contributed by atoms with Crippen molar-refractivity contribution in [1.29, 1.82) is 0 Å². The Balaban J connectivity index is 1.84. The molecule has 1 saturated carbocycles. The molecule has 0 aromatic heterocycles. The van der Waals surface area contributed by atoms with E-state index in [-0.39, 0.29) is 5.60 Å². The molecule has 1 heterocycles. The van der Waals surface area contributed by atoms with Crippen molar-refractivity contribution in [2.75, 3.05) is 13.2 Å². The van der Waals surface area contributed by atoms with Gasteiger partial charge in [-0.25, -0.2) is 0 Å². The van der Waals surface area contributed by atoms with Crippen LogP contribution in [-0.2, 0) is 4.74 Å².